The maximum Gasteiger partial charge on any atom is 0.338 e. The molecule has 2 N–H and O–H groups in total. The summed E-state index contributed by atoms with van der Waals surface area (Å²) in [7, 11) is -3.92. The third-order valence-electron chi connectivity index (χ3n) is 4.47. The van der Waals surface area contributed by atoms with Crippen molar-refractivity contribution in [1.29, 1.82) is 0 Å². The van der Waals surface area contributed by atoms with Crippen molar-refractivity contribution in [3.05, 3.63) is 88.9 Å². The summed E-state index contributed by atoms with van der Waals surface area (Å²) >= 11 is 6.02. The average molecular weight is 473 g/mol. The fourth-order valence-corrected chi connectivity index (χ4v) is 3.99. The number of esters is 1. The van der Waals surface area contributed by atoms with E-state index in [0.29, 0.717) is 16.4 Å². The molecule has 0 aromatic heterocycles. The molecule has 1 unspecified atom stereocenters. The second-order valence-corrected chi connectivity index (χ2v) is 9.11. The number of carbonyl (C=O) groups is 2. The van der Waals surface area contributed by atoms with Crippen molar-refractivity contribution in [1.82, 2.24) is 0 Å². The van der Waals surface area contributed by atoms with Crippen molar-refractivity contribution in [3.63, 3.8) is 0 Å². The van der Waals surface area contributed by atoms with Crippen LogP contribution >= 0.6 is 11.6 Å². The van der Waals surface area contributed by atoms with Gasteiger partial charge in [-0.3, -0.25) is 9.52 Å². The lowest BCUT2D eigenvalue weighted by atomic mass is 10.2. The Morgan fingerprint density at radius 1 is 0.969 bits per heavy atom. The summed E-state index contributed by atoms with van der Waals surface area (Å²) < 4.78 is 33.0. The summed E-state index contributed by atoms with van der Waals surface area (Å²) in [4.78, 5) is 24.7. The van der Waals surface area contributed by atoms with E-state index in [-0.39, 0.29) is 10.5 Å². The molecule has 3 aromatic rings. The summed E-state index contributed by atoms with van der Waals surface area (Å²) in [5.74, 6) is -1.41. The van der Waals surface area contributed by atoms with Crippen LogP contribution in [-0.4, -0.2) is 26.4 Å². The Kier molecular flexibility index (Phi) is 7.17. The topological polar surface area (TPSA) is 102 Å². The number of amides is 1. The number of nitrogens with one attached hydrogen (secondary N) is 2. The standard InChI is InChI=1S/C23H21ClN2O5S/c1-15-10-12-18(13-11-15)26-32(29,30)19-7-5-6-17(14-19)23(28)31-16(2)22(27)25-21-9-4-3-8-20(21)24/h3-14,16,26H,1-2H3,(H,25,27). The number of rotatable bonds is 7. The highest BCUT2D eigenvalue weighted by molar-refractivity contribution is 7.92. The second kappa shape index (κ2) is 9.84. The monoisotopic (exact) mass is 472 g/mol. The molecule has 0 heterocycles. The number of ether oxygens (including phenoxy) is 1. The van der Waals surface area contributed by atoms with E-state index in [2.05, 4.69) is 10.0 Å². The van der Waals surface area contributed by atoms with Gasteiger partial charge >= 0.3 is 5.97 Å². The predicted octanol–water partition coefficient (Wildman–Crippen LogP) is 4.63. The molecule has 166 valence electrons. The molecule has 32 heavy (non-hydrogen) atoms. The number of halogens is 1. The van der Waals surface area contributed by atoms with Crippen LogP contribution in [0.25, 0.3) is 0 Å². The molecule has 0 saturated carbocycles. The minimum Gasteiger partial charge on any atom is -0.449 e. The maximum absolute atomic E-state index is 12.7. The normalized spacial score (nSPS) is 12.0. The predicted molar refractivity (Wildman–Crippen MR) is 123 cm³/mol. The van der Waals surface area contributed by atoms with E-state index in [9.17, 15) is 18.0 Å². The van der Waals surface area contributed by atoms with Crippen LogP contribution in [0.1, 0.15) is 22.8 Å². The van der Waals surface area contributed by atoms with Gasteiger partial charge in [0.15, 0.2) is 6.10 Å². The summed E-state index contributed by atoms with van der Waals surface area (Å²) in [6, 6.07) is 18.9. The lowest BCUT2D eigenvalue weighted by Crippen LogP contribution is -2.30. The molecule has 1 amide bonds. The number of anilines is 2. The van der Waals surface area contributed by atoms with E-state index in [1.165, 1.54) is 31.2 Å². The lowest BCUT2D eigenvalue weighted by Gasteiger charge is -2.15. The molecule has 0 fully saturated rings. The van der Waals surface area contributed by atoms with Crippen LogP contribution in [0, 0.1) is 6.92 Å². The Bertz CT molecular complexity index is 1240. The molecule has 3 aromatic carbocycles. The fourth-order valence-electron chi connectivity index (χ4n) is 2.70. The van der Waals surface area contributed by atoms with Gasteiger partial charge in [-0.05, 0) is 56.3 Å². The van der Waals surface area contributed by atoms with Gasteiger partial charge in [0.25, 0.3) is 15.9 Å². The summed E-state index contributed by atoms with van der Waals surface area (Å²) in [6.07, 6.45) is -1.13. The van der Waals surface area contributed by atoms with Crippen LogP contribution in [0.15, 0.2) is 77.7 Å². The smallest absolute Gasteiger partial charge is 0.338 e. The van der Waals surface area contributed by atoms with Crippen molar-refractivity contribution >= 4 is 44.9 Å². The van der Waals surface area contributed by atoms with E-state index in [1.54, 1.807) is 48.5 Å². The molecule has 0 aliphatic heterocycles. The maximum atomic E-state index is 12.7. The zero-order valence-corrected chi connectivity index (χ0v) is 18.9. The van der Waals surface area contributed by atoms with Crippen LogP contribution in [-0.2, 0) is 19.6 Å². The molecule has 3 rings (SSSR count). The molecule has 0 aliphatic carbocycles. The molecule has 7 nitrogen and oxygen atoms in total. The first kappa shape index (κ1) is 23.3. The largest absolute Gasteiger partial charge is 0.449 e. The van der Waals surface area contributed by atoms with Gasteiger partial charge in [-0.15, -0.1) is 0 Å². The Balaban J connectivity index is 1.69. The molecular weight excluding hydrogens is 452 g/mol. The third-order valence-corrected chi connectivity index (χ3v) is 6.18. The SMILES string of the molecule is Cc1ccc(NS(=O)(=O)c2cccc(C(=O)OC(C)C(=O)Nc3ccccc3Cl)c2)cc1. The number of hydrogen-bond donors (Lipinski definition) is 2. The van der Waals surface area contributed by atoms with Gasteiger partial charge in [-0.2, -0.15) is 0 Å². The van der Waals surface area contributed by atoms with Crippen molar-refractivity contribution in [2.24, 2.45) is 0 Å². The zero-order chi connectivity index (χ0) is 23.3. The van der Waals surface area contributed by atoms with Crippen LogP contribution < -0.4 is 10.0 Å². The van der Waals surface area contributed by atoms with Crippen LogP contribution in [0.2, 0.25) is 5.02 Å². The second-order valence-electron chi connectivity index (χ2n) is 7.02. The number of carbonyl (C=O) groups excluding carboxylic acids is 2. The van der Waals surface area contributed by atoms with Crippen molar-refractivity contribution in [3.8, 4) is 0 Å². The lowest BCUT2D eigenvalue weighted by molar-refractivity contribution is -0.123. The number of hydrogen-bond acceptors (Lipinski definition) is 5. The molecule has 0 radical (unpaired) electrons. The Morgan fingerprint density at radius 3 is 2.34 bits per heavy atom. The van der Waals surface area contributed by atoms with Crippen molar-refractivity contribution in [2.45, 2.75) is 24.8 Å². The minimum absolute atomic E-state index is 0.00539. The zero-order valence-electron chi connectivity index (χ0n) is 17.3. The van der Waals surface area contributed by atoms with E-state index in [1.807, 2.05) is 6.92 Å². The average Bonchev–Trinajstić information content (AvgIpc) is 2.76. The third kappa shape index (κ3) is 5.87. The molecule has 9 heteroatoms. The van der Waals surface area contributed by atoms with Gasteiger partial charge in [0.1, 0.15) is 0 Å². The number of para-hydroxylation sites is 1. The van der Waals surface area contributed by atoms with E-state index < -0.39 is 28.0 Å². The minimum atomic E-state index is -3.92. The van der Waals surface area contributed by atoms with Gasteiger partial charge < -0.3 is 10.1 Å². The fraction of sp³-hybridized carbons (Fsp3) is 0.130. The first-order valence-corrected chi connectivity index (χ1v) is 11.5. The quantitative estimate of drug-likeness (QED) is 0.488. The van der Waals surface area contributed by atoms with E-state index in [4.69, 9.17) is 16.3 Å². The first-order chi connectivity index (χ1) is 15.2. The molecule has 0 aliphatic rings. The molecule has 1 atom stereocenters. The van der Waals surface area contributed by atoms with Gasteiger partial charge in [-0.1, -0.05) is 47.5 Å². The van der Waals surface area contributed by atoms with Gasteiger partial charge in [0.2, 0.25) is 0 Å². The Morgan fingerprint density at radius 2 is 1.66 bits per heavy atom. The molecule has 0 saturated heterocycles. The van der Waals surface area contributed by atoms with E-state index in [0.717, 1.165) is 5.56 Å². The van der Waals surface area contributed by atoms with Crippen LogP contribution in [0.5, 0.6) is 0 Å². The highest BCUT2D eigenvalue weighted by Gasteiger charge is 2.22. The molecule has 0 bridgehead atoms. The van der Waals surface area contributed by atoms with Crippen LogP contribution in [0.4, 0.5) is 11.4 Å². The van der Waals surface area contributed by atoms with Gasteiger partial charge in [0, 0.05) is 5.69 Å². The summed E-state index contributed by atoms with van der Waals surface area (Å²) in [5, 5.41) is 2.93. The Hall–Kier alpha value is -3.36. The molecular formula is C23H21ClN2O5S. The Labute approximate surface area is 191 Å². The summed E-state index contributed by atoms with van der Waals surface area (Å²) in [6.45, 7) is 3.30. The highest BCUT2D eigenvalue weighted by Crippen LogP contribution is 2.21. The number of sulfonamides is 1. The highest BCUT2D eigenvalue weighted by atomic mass is 35.5. The van der Waals surface area contributed by atoms with Crippen molar-refractivity contribution < 1.29 is 22.7 Å². The van der Waals surface area contributed by atoms with Crippen molar-refractivity contribution in [2.75, 3.05) is 10.0 Å². The number of aryl methyl sites for hydroxylation is 1. The van der Waals surface area contributed by atoms with Gasteiger partial charge in [-0.25, -0.2) is 13.2 Å². The number of benzene rings is 3. The first-order valence-electron chi connectivity index (χ1n) is 9.61. The van der Waals surface area contributed by atoms with E-state index >= 15 is 0 Å². The summed E-state index contributed by atoms with van der Waals surface area (Å²) in [5.41, 5.74) is 1.77. The molecule has 0 spiro atoms. The van der Waals surface area contributed by atoms with Gasteiger partial charge in [0.05, 0.1) is 21.2 Å². The van der Waals surface area contributed by atoms with Crippen LogP contribution in [0.3, 0.4) is 0 Å².